The van der Waals surface area contributed by atoms with Gasteiger partial charge in [0.15, 0.2) is 0 Å². The molecule has 0 saturated carbocycles. The van der Waals surface area contributed by atoms with Gasteiger partial charge in [-0.25, -0.2) is 4.79 Å². The number of anilines is 1. The average Bonchev–Trinajstić information content (AvgIpc) is 3.38. The Morgan fingerprint density at radius 2 is 2.02 bits per heavy atom. The topological polar surface area (TPSA) is 92.3 Å². The lowest BCUT2D eigenvalue weighted by atomic mass is 9.95. The van der Waals surface area contributed by atoms with Crippen LogP contribution in [0.3, 0.4) is 0 Å². The van der Waals surface area contributed by atoms with Gasteiger partial charge in [0.05, 0.1) is 37.2 Å². The molecular weight excluding hydrogens is 520 g/mol. The van der Waals surface area contributed by atoms with Gasteiger partial charge in [0.2, 0.25) is 0 Å². The van der Waals surface area contributed by atoms with E-state index in [2.05, 4.69) is 40.4 Å². The van der Waals surface area contributed by atoms with Crippen LogP contribution in [0.2, 0.25) is 0 Å². The van der Waals surface area contributed by atoms with Crippen LogP contribution < -0.4 is 15.0 Å². The monoisotopic (exact) mass is 564 g/mol. The van der Waals surface area contributed by atoms with E-state index in [0.29, 0.717) is 44.9 Å². The number of nitrogens with one attached hydrogen (secondary N) is 1. The van der Waals surface area contributed by atoms with Crippen LogP contribution in [-0.4, -0.2) is 90.5 Å². The summed E-state index contributed by atoms with van der Waals surface area (Å²) in [5, 5.41) is 3.48. The number of benzene rings is 1. The summed E-state index contributed by atoms with van der Waals surface area (Å²) in [7, 11) is 2.15. The minimum Gasteiger partial charge on any atom is -0.462 e. The molecule has 0 spiro atoms. The van der Waals surface area contributed by atoms with Crippen molar-refractivity contribution < 1.29 is 19.0 Å². The molecule has 2 atom stereocenters. The Kier molecular flexibility index (Phi) is 8.07. The molecule has 1 aromatic carbocycles. The Hall–Kier alpha value is -2.95. The zero-order valence-electron chi connectivity index (χ0n) is 24.9. The van der Waals surface area contributed by atoms with Crippen molar-refractivity contribution in [2.24, 2.45) is 0 Å². The van der Waals surface area contributed by atoms with E-state index in [9.17, 15) is 4.79 Å². The molecule has 10 heteroatoms. The Labute approximate surface area is 243 Å². The molecule has 41 heavy (non-hydrogen) atoms. The second kappa shape index (κ2) is 11.7. The van der Waals surface area contributed by atoms with Crippen molar-refractivity contribution in [3.8, 4) is 6.01 Å². The highest BCUT2D eigenvalue weighted by molar-refractivity contribution is 5.69. The summed E-state index contributed by atoms with van der Waals surface area (Å²) in [5.74, 6) is 0. The lowest BCUT2D eigenvalue weighted by Crippen LogP contribution is -2.51. The maximum atomic E-state index is 13.3. The van der Waals surface area contributed by atoms with Crippen LogP contribution in [0.1, 0.15) is 67.7 Å². The highest BCUT2D eigenvalue weighted by Crippen LogP contribution is 2.35. The van der Waals surface area contributed by atoms with Crippen LogP contribution in [-0.2, 0) is 35.5 Å². The summed E-state index contributed by atoms with van der Waals surface area (Å²) < 4.78 is 18.0. The Balaban J connectivity index is 1.33. The van der Waals surface area contributed by atoms with E-state index in [1.807, 2.05) is 25.7 Å². The van der Waals surface area contributed by atoms with Gasteiger partial charge in [0.1, 0.15) is 12.2 Å². The normalized spacial score (nSPS) is 23.2. The number of piperazine rings is 1. The maximum Gasteiger partial charge on any atom is 0.410 e. The van der Waals surface area contributed by atoms with Crippen molar-refractivity contribution in [1.29, 1.82) is 0 Å². The summed E-state index contributed by atoms with van der Waals surface area (Å²) >= 11 is 0. The third-order valence-electron chi connectivity index (χ3n) is 8.69. The molecule has 1 unspecified atom stereocenters. The molecule has 6 rings (SSSR count). The van der Waals surface area contributed by atoms with Gasteiger partial charge in [-0.05, 0) is 71.7 Å². The van der Waals surface area contributed by atoms with Gasteiger partial charge in [0, 0.05) is 49.0 Å². The first-order chi connectivity index (χ1) is 19.8. The summed E-state index contributed by atoms with van der Waals surface area (Å²) in [6, 6.07) is 7.07. The number of amides is 1. The zero-order chi connectivity index (χ0) is 28.6. The largest absolute Gasteiger partial charge is 0.462 e. The predicted octanol–water partition coefficient (Wildman–Crippen LogP) is 3.47. The summed E-state index contributed by atoms with van der Waals surface area (Å²) in [4.78, 5) is 29.9. The molecule has 0 aliphatic carbocycles. The average molecular weight is 565 g/mol. The number of likely N-dealkylation sites (tertiary alicyclic amines) is 1. The van der Waals surface area contributed by atoms with Gasteiger partial charge < -0.3 is 29.3 Å². The van der Waals surface area contributed by atoms with Crippen molar-refractivity contribution in [2.45, 2.75) is 77.3 Å². The molecule has 1 aromatic heterocycles. The Morgan fingerprint density at radius 1 is 1.15 bits per heavy atom. The highest BCUT2D eigenvalue weighted by atomic mass is 16.6. The van der Waals surface area contributed by atoms with Crippen molar-refractivity contribution in [3.63, 3.8) is 0 Å². The quantitative estimate of drug-likeness (QED) is 0.586. The number of rotatable bonds is 5. The van der Waals surface area contributed by atoms with Crippen molar-refractivity contribution in [2.75, 3.05) is 57.9 Å². The third kappa shape index (κ3) is 6.15. The fourth-order valence-electron chi connectivity index (χ4n) is 6.50. The van der Waals surface area contributed by atoms with E-state index >= 15 is 0 Å². The minimum atomic E-state index is -0.571. The van der Waals surface area contributed by atoms with E-state index in [0.717, 1.165) is 62.5 Å². The Morgan fingerprint density at radius 3 is 2.83 bits per heavy atom. The summed E-state index contributed by atoms with van der Waals surface area (Å²) in [5.41, 5.74) is 6.27. The van der Waals surface area contributed by atoms with E-state index in [4.69, 9.17) is 24.2 Å². The maximum absolute atomic E-state index is 13.3. The van der Waals surface area contributed by atoms with Crippen LogP contribution >= 0.6 is 0 Å². The number of hydrogen-bond acceptors (Lipinski definition) is 9. The van der Waals surface area contributed by atoms with Gasteiger partial charge >= 0.3 is 12.1 Å². The molecule has 4 aliphatic heterocycles. The number of fused-ring (bicyclic) bond motifs is 2. The molecule has 5 heterocycles. The van der Waals surface area contributed by atoms with Gasteiger partial charge in [-0.3, -0.25) is 4.90 Å². The van der Waals surface area contributed by atoms with Crippen molar-refractivity contribution in [1.82, 2.24) is 25.1 Å². The molecule has 1 N–H and O–H groups in total. The highest BCUT2D eigenvalue weighted by Gasteiger charge is 2.36. The predicted molar refractivity (Wildman–Crippen MR) is 156 cm³/mol. The fourth-order valence-corrected chi connectivity index (χ4v) is 6.50. The number of hydrogen-bond donors (Lipinski definition) is 1. The van der Waals surface area contributed by atoms with Gasteiger partial charge in [-0.15, -0.1) is 0 Å². The lowest BCUT2D eigenvalue weighted by molar-refractivity contribution is 0.0111. The number of likely N-dealkylation sites (N-methyl/N-ethyl adjacent to an activating group) is 1. The second-order valence-electron chi connectivity index (χ2n) is 12.7. The first-order valence-corrected chi connectivity index (χ1v) is 15.1. The number of aromatic nitrogens is 2. The van der Waals surface area contributed by atoms with Crippen LogP contribution in [0, 0.1) is 0 Å². The van der Waals surface area contributed by atoms with Crippen LogP contribution in [0.15, 0.2) is 18.2 Å². The van der Waals surface area contributed by atoms with E-state index in [-0.39, 0.29) is 12.1 Å². The molecule has 0 radical (unpaired) electrons. The summed E-state index contributed by atoms with van der Waals surface area (Å²) in [6.07, 6.45) is 3.73. The third-order valence-corrected chi connectivity index (χ3v) is 8.69. The zero-order valence-corrected chi connectivity index (χ0v) is 24.9. The molecule has 10 nitrogen and oxygen atoms in total. The fraction of sp³-hybridized carbons (Fsp3) is 0.645. The van der Waals surface area contributed by atoms with Crippen molar-refractivity contribution in [3.05, 3.63) is 46.3 Å². The van der Waals surface area contributed by atoms with E-state index < -0.39 is 5.60 Å². The first-order valence-electron chi connectivity index (χ1n) is 15.1. The molecule has 2 saturated heterocycles. The molecule has 4 aliphatic rings. The number of carbonyl (C=O) groups excluding carboxylic acids is 1. The SMILES string of the molecule is CN1CCC[C@H]1COc1nc2c(c(C3CNCCN3C(=O)OC(C)(C)C)n1)CCN(c1cccc3c1COCC3)C2. The molecule has 2 aromatic rings. The van der Waals surface area contributed by atoms with Gasteiger partial charge in [-0.1, -0.05) is 12.1 Å². The molecule has 2 fully saturated rings. The van der Waals surface area contributed by atoms with Crippen LogP contribution in [0.25, 0.3) is 0 Å². The number of ether oxygens (including phenoxy) is 3. The minimum absolute atomic E-state index is 0.253. The molecule has 0 bridgehead atoms. The van der Waals surface area contributed by atoms with Crippen LogP contribution in [0.5, 0.6) is 6.01 Å². The smallest absolute Gasteiger partial charge is 0.410 e. The number of carbonyl (C=O) groups is 1. The first kappa shape index (κ1) is 28.2. The molecule has 222 valence electrons. The lowest BCUT2D eigenvalue weighted by Gasteiger charge is -2.39. The standard InChI is InChI=1S/C31H44N6O4/c1-31(2,3)41-30(38)37-15-12-32-17-27(37)28-23-10-14-36(26-9-5-7-21-11-16-39-20-24(21)26)18-25(23)33-29(34-28)40-19-22-8-6-13-35(22)4/h5,7,9,22,27,32H,6,8,10-20H2,1-4H3/t22-,27?/m0/s1. The number of nitrogens with zero attached hydrogens (tertiary/aromatic N) is 5. The van der Waals surface area contributed by atoms with Crippen molar-refractivity contribution >= 4 is 11.8 Å². The van der Waals surface area contributed by atoms with Crippen LogP contribution in [0.4, 0.5) is 10.5 Å². The Bertz CT molecular complexity index is 1260. The second-order valence-corrected chi connectivity index (χ2v) is 12.7. The molecule has 1 amide bonds. The summed E-state index contributed by atoms with van der Waals surface area (Å²) in [6.45, 7) is 12.2. The molecular formula is C31H44N6O4. The van der Waals surface area contributed by atoms with E-state index in [1.165, 1.54) is 23.2 Å². The van der Waals surface area contributed by atoms with E-state index in [1.54, 1.807) is 0 Å². The van der Waals surface area contributed by atoms with Gasteiger partial charge in [0.25, 0.3) is 0 Å². The van der Waals surface area contributed by atoms with Gasteiger partial charge in [-0.2, -0.15) is 9.97 Å².